The van der Waals surface area contributed by atoms with E-state index in [1.54, 1.807) is 60.9 Å². The van der Waals surface area contributed by atoms with Crippen LogP contribution in [0.5, 0.6) is 5.75 Å². The number of hydrogen-bond donors (Lipinski definition) is 1. The molecule has 2 aromatic carbocycles. The molecule has 1 N–H and O–H groups in total. The van der Waals surface area contributed by atoms with Crippen LogP contribution in [0.2, 0.25) is 0 Å². The molecule has 0 saturated heterocycles. The first-order valence-electron chi connectivity index (χ1n) is 9.66. The maximum atomic E-state index is 13.0. The van der Waals surface area contributed by atoms with Gasteiger partial charge >= 0.3 is 0 Å². The van der Waals surface area contributed by atoms with Crippen LogP contribution in [0.15, 0.2) is 77.6 Å². The van der Waals surface area contributed by atoms with Gasteiger partial charge in [-0.2, -0.15) is 4.98 Å². The minimum atomic E-state index is -0.289. The molecule has 1 amide bonds. The van der Waals surface area contributed by atoms with Gasteiger partial charge in [-0.1, -0.05) is 23.4 Å². The van der Waals surface area contributed by atoms with Crippen molar-refractivity contribution in [2.24, 2.45) is 0 Å². The van der Waals surface area contributed by atoms with E-state index in [0.29, 0.717) is 36.2 Å². The van der Waals surface area contributed by atoms with Gasteiger partial charge in [-0.15, -0.1) is 0 Å². The Morgan fingerprint density at radius 1 is 1.06 bits per heavy atom. The van der Waals surface area contributed by atoms with Gasteiger partial charge in [0.25, 0.3) is 0 Å². The topological polar surface area (TPSA) is 90.1 Å². The van der Waals surface area contributed by atoms with Gasteiger partial charge in [-0.3, -0.25) is 9.78 Å². The number of halogens is 1. The van der Waals surface area contributed by atoms with Gasteiger partial charge in [0.05, 0.1) is 0 Å². The predicted octanol–water partition coefficient (Wildman–Crippen LogP) is 4.42. The molecule has 0 aliphatic rings. The predicted molar refractivity (Wildman–Crippen MR) is 112 cm³/mol. The number of aryl methyl sites for hydroxylation is 1. The average Bonchev–Trinajstić information content (AvgIpc) is 3.27. The van der Waals surface area contributed by atoms with Crippen LogP contribution >= 0.6 is 0 Å². The number of hydrogen-bond acceptors (Lipinski definition) is 6. The maximum Gasteiger partial charge on any atom is 0.227 e. The van der Waals surface area contributed by atoms with Crippen molar-refractivity contribution >= 4 is 11.6 Å². The molecular weight excluding hydrogens is 399 g/mol. The number of ether oxygens (including phenoxy) is 1. The molecule has 0 unspecified atom stereocenters. The first-order chi connectivity index (χ1) is 15.2. The van der Waals surface area contributed by atoms with Crippen LogP contribution in [-0.4, -0.2) is 21.0 Å². The second kappa shape index (κ2) is 9.62. The van der Waals surface area contributed by atoms with Crippen molar-refractivity contribution in [1.82, 2.24) is 15.1 Å². The van der Waals surface area contributed by atoms with E-state index in [2.05, 4.69) is 20.4 Å². The molecule has 0 aliphatic heterocycles. The lowest BCUT2D eigenvalue weighted by Gasteiger charge is -2.09. The van der Waals surface area contributed by atoms with Crippen LogP contribution < -0.4 is 10.1 Å². The zero-order valence-electron chi connectivity index (χ0n) is 16.5. The fourth-order valence-corrected chi connectivity index (χ4v) is 2.83. The quantitative estimate of drug-likeness (QED) is 0.456. The van der Waals surface area contributed by atoms with Crippen LogP contribution in [0.25, 0.3) is 11.4 Å². The number of carbonyl (C=O) groups is 1. The number of pyridine rings is 1. The molecule has 2 heterocycles. The molecule has 156 valence electrons. The summed E-state index contributed by atoms with van der Waals surface area (Å²) >= 11 is 0. The molecule has 0 aliphatic carbocycles. The van der Waals surface area contributed by atoms with Crippen LogP contribution in [0.1, 0.15) is 17.9 Å². The fraction of sp³-hybridized carbons (Fsp3) is 0.130. The molecule has 0 fully saturated rings. The minimum absolute atomic E-state index is 0.181. The van der Waals surface area contributed by atoms with Crippen molar-refractivity contribution in [3.05, 3.63) is 90.3 Å². The largest absolute Gasteiger partial charge is 0.489 e. The molecule has 2 aromatic heterocycles. The number of rotatable bonds is 8. The second-order valence-corrected chi connectivity index (χ2v) is 6.74. The van der Waals surface area contributed by atoms with Crippen LogP contribution in [0.4, 0.5) is 10.1 Å². The van der Waals surface area contributed by atoms with Gasteiger partial charge in [-0.05, 0) is 42.0 Å². The highest BCUT2D eigenvalue weighted by molar-refractivity contribution is 5.90. The summed E-state index contributed by atoms with van der Waals surface area (Å²) in [6, 6.07) is 16.8. The number of nitrogens with one attached hydrogen (secondary N) is 1. The average molecular weight is 418 g/mol. The van der Waals surface area contributed by atoms with Gasteiger partial charge in [0.15, 0.2) is 0 Å². The van der Waals surface area contributed by atoms with E-state index in [1.165, 1.54) is 12.1 Å². The van der Waals surface area contributed by atoms with Gasteiger partial charge in [-0.25, -0.2) is 4.39 Å². The first kappa shape index (κ1) is 20.2. The summed E-state index contributed by atoms with van der Waals surface area (Å²) < 4.78 is 23.9. The summed E-state index contributed by atoms with van der Waals surface area (Å²) in [5, 5.41) is 6.76. The number of anilines is 1. The minimum Gasteiger partial charge on any atom is -0.489 e. The molecule has 7 nitrogen and oxygen atoms in total. The van der Waals surface area contributed by atoms with E-state index in [1.807, 2.05) is 0 Å². The molecule has 4 aromatic rings. The molecule has 0 radical (unpaired) electrons. The lowest BCUT2D eigenvalue weighted by molar-refractivity contribution is -0.116. The van der Waals surface area contributed by atoms with Crippen molar-refractivity contribution in [2.75, 3.05) is 5.32 Å². The van der Waals surface area contributed by atoms with Gasteiger partial charge in [0.1, 0.15) is 18.2 Å². The third-order valence-electron chi connectivity index (χ3n) is 4.41. The van der Waals surface area contributed by atoms with Gasteiger partial charge in [0.2, 0.25) is 17.6 Å². The summed E-state index contributed by atoms with van der Waals surface area (Å²) in [4.78, 5) is 20.6. The van der Waals surface area contributed by atoms with E-state index >= 15 is 0 Å². The van der Waals surface area contributed by atoms with Crippen molar-refractivity contribution in [3.63, 3.8) is 0 Å². The second-order valence-electron chi connectivity index (χ2n) is 6.74. The highest BCUT2D eigenvalue weighted by atomic mass is 19.1. The van der Waals surface area contributed by atoms with Crippen LogP contribution in [0, 0.1) is 5.82 Å². The van der Waals surface area contributed by atoms with Crippen molar-refractivity contribution < 1.29 is 18.4 Å². The molecule has 4 rings (SSSR count). The molecule has 0 saturated carbocycles. The number of nitrogens with zero attached hydrogens (tertiary/aromatic N) is 3. The maximum absolute atomic E-state index is 13.0. The molecule has 0 bridgehead atoms. The van der Waals surface area contributed by atoms with E-state index in [0.717, 1.165) is 11.1 Å². The Kier molecular flexibility index (Phi) is 6.27. The molecule has 8 heteroatoms. The monoisotopic (exact) mass is 418 g/mol. The lowest BCUT2D eigenvalue weighted by Crippen LogP contribution is -2.12. The van der Waals surface area contributed by atoms with E-state index < -0.39 is 0 Å². The number of aromatic nitrogens is 3. The number of amides is 1. The Bertz CT molecular complexity index is 1150. The first-order valence-corrected chi connectivity index (χ1v) is 9.66. The highest BCUT2D eigenvalue weighted by Gasteiger charge is 2.11. The highest BCUT2D eigenvalue weighted by Crippen LogP contribution is 2.19. The third-order valence-corrected chi connectivity index (χ3v) is 4.41. The van der Waals surface area contributed by atoms with Crippen molar-refractivity contribution in [2.45, 2.75) is 19.4 Å². The standard InChI is InChI=1S/C23H19FN4O3/c24-18-6-4-16(5-7-18)15-30-20-3-1-2-19(14-20)26-21(29)8-9-22-27-23(28-31-22)17-10-12-25-13-11-17/h1-7,10-14H,8-9,15H2,(H,26,29). The third kappa shape index (κ3) is 5.72. The van der Waals surface area contributed by atoms with Gasteiger partial charge in [0, 0.05) is 42.6 Å². The Morgan fingerprint density at radius 2 is 1.87 bits per heavy atom. The zero-order chi connectivity index (χ0) is 21.5. The summed E-state index contributed by atoms with van der Waals surface area (Å²) in [6.07, 6.45) is 3.82. The van der Waals surface area contributed by atoms with Crippen molar-refractivity contribution in [1.29, 1.82) is 0 Å². The number of carbonyl (C=O) groups excluding carboxylic acids is 1. The van der Waals surface area contributed by atoms with Crippen molar-refractivity contribution in [3.8, 4) is 17.1 Å². The van der Waals surface area contributed by atoms with Crippen LogP contribution in [-0.2, 0) is 17.8 Å². The summed E-state index contributed by atoms with van der Waals surface area (Å²) in [6.45, 7) is 0.300. The summed E-state index contributed by atoms with van der Waals surface area (Å²) in [7, 11) is 0. The Labute approximate surface area is 177 Å². The fourth-order valence-electron chi connectivity index (χ4n) is 2.83. The summed E-state index contributed by atoms with van der Waals surface area (Å²) in [5.74, 6) is 0.977. The Balaban J connectivity index is 1.28. The smallest absolute Gasteiger partial charge is 0.227 e. The van der Waals surface area contributed by atoms with E-state index in [9.17, 15) is 9.18 Å². The normalized spacial score (nSPS) is 10.6. The Morgan fingerprint density at radius 3 is 2.68 bits per heavy atom. The van der Waals surface area contributed by atoms with E-state index in [4.69, 9.17) is 9.26 Å². The lowest BCUT2D eigenvalue weighted by atomic mass is 10.2. The molecule has 0 atom stereocenters. The SMILES string of the molecule is O=C(CCc1nc(-c2ccncc2)no1)Nc1cccc(OCc2ccc(F)cc2)c1. The molecular formula is C23H19FN4O3. The number of benzene rings is 2. The molecule has 31 heavy (non-hydrogen) atoms. The summed E-state index contributed by atoms with van der Waals surface area (Å²) in [5.41, 5.74) is 2.26. The van der Waals surface area contributed by atoms with E-state index in [-0.39, 0.29) is 18.1 Å². The Hall–Kier alpha value is -4.07. The molecule has 0 spiro atoms. The van der Waals surface area contributed by atoms with Crippen LogP contribution in [0.3, 0.4) is 0 Å². The van der Waals surface area contributed by atoms with Gasteiger partial charge < -0.3 is 14.6 Å². The zero-order valence-corrected chi connectivity index (χ0v) is 16.5.